The summed E-state index contributed by atoms with van der Waals surface area (Å²) < 4.78 is 18.2. The summed E-state index contributed by atoms with van der Waals surface area (Å²) in [5, 5.41) is 13.1. The van der Waals surface area contributed by atoms with Gasteiger partial charge in [-0.05, 0) is 52.7 Å². The monoisotopic (exact) mass is 481 g/mol. The van der Waals surface area contributed by atoms with Crippen molar-refractivity contribution in [3.63, 3.8) is 0 Å². The van der Waals surface area contributed by atoms with Crippen LogP contribution in [0.3, 0.4) is 0 Å². The van der Waals surface area contributed by atoms with Crippen molar-refractivity contribution in [1.82, 2.24) is 10.8 Å². The molecule has 0 bridgehead atoms. The molecule has 1 amide bonds. The molecule has 0 radical (unpaired) electrons. The van der Waals surface area contributed by atoms with Crippen LogP contribution in [-0.4, -0.2) is 54.0 Å². The quantitative estimate of drug-likeness (QED) is 0.114. The van der Waals surface area contributed by atoms with Crippen molar-refractivity contribution in [2.24, 2.45) is 4.99 Å². The highest BCUT2D eigenvalue weighted by Gasteiger charge is 2.33. The van der Waals surface area contributed by atoms with E-state index in [1.165, 1.54) is 18.2 Å². The third kappa shape index (κ3) is 10.1. The van der Waals surface area contributed by atoms with Gasteiger partial charge < -0.3 is 20.0 Å². The van der Waals surface area contributed by atoms with E-state index in [0.29, 0.717) is 12.2 Å². The lowest BCUT2D eigenvalue weighted by Crippen LogP contribution is -2.40. The van der Waals surface area contributed by atoms with Crippen LogP contribution in [0.1, 0.15) is 40.5 Å². The molecule has 9 heteroatoms. The molecule has 1 rings (SSSR count). The molecule has 1 aliphatic rings. The fourth-order valence-electron chi connectivity index (χ4n) is 2.62. The number of carbonyl (C=O) groups is 1. The van der Waals surface area contributed by atoms with Crippen LogP contribution in [0, 0.1) is 0 Å². The van der Waals surface area contributed by atoms with Crippen LogP contribution in [0.15, 0.2) is 64.5 Å². The molecule has 2 atom stereocenters. The van der Waals surface area contributed by atoms with Gasteiger partial charge in [-0.1, -0.05) is 37.1 Å². The first kappa shape index (κ1) is 28.8. The minimum Gasteiger partial charge on any atom is -0.497 e. The zero-order valence-electron chi connectivity index (χ0n) is 20.1. The second kappa shape index (κ2) is 14.1. The van der Waals surface area contributed by atoms with E-state index in [9.17, 15) is 14.3 Å². The molecule has 1 aliphatic heterocycles. The molecule has 0 saturated carbocycles. The summed E-state index contributed by atoms with van der Waals surface area (Å²) in [4.78, 5) is 23.5. The van der Waals surface area contributed by atoms with Crippen LogP contribution in [-0.2, 0) is 14.4 Å². The number of aliphatic hydroxyl groups excluding tert-OH is 1. The number of allylic oxidation sites excluding steroid dienone is 5. The first-order chi connectivity index (χ1) is 15.5. The average Bonchev–Trinajstić information content (AvgIpc) is 3.08. The molecule has 0 fully saturated rings. The van der Waals surface area contributed by atoms with Crippen LogP contribution < -0.4 is 10.8 Å². The van der Waals surface area contributed by atoms with Crippen molar-refractivity contribution in [3.05, 3.63) is 59.5 Å². The van der Waals surface area contributed by atoms with E-state index in [2.05, 4.69) is 24.0 Å². The predicted molar refractivity (Wildman–Crippen MR) is 133 cm³/mol. The number of aliphatic hydroxyl groups is 1. The van der Waals surface area contributed by atoms with E-state index in [0.717, 1.165) is 9.95 Å². The molecule has 0 spiro atoms. The largest absolute Gasteiger partial charge is 0.497 e. The number of carbonyl (C=O) groups excluding carboxylic acids is 1. The maximum absolute atomic E-state index is 13.1. The maximum atomic E-state index is 13.1. The number of nitrogens with one attached hydrogen (secondary N) is 2. The maximum Gasteiger partial charge on any atom is 0.247 e. The zero-order valence-corrected chi connectivity index (χ0v) is 20.9. The Morgan fingerprint density at radius 3 is 2.70 bits per heavy atom. The lowest BCUT2D eigenvalue weighted by molar-refractivity contribution is -0.118. The molecule has 0 saturated heterocycles. The SMILES string of the molecule is C=C(/C=C1/SC(C(C)NOCC[C@H](CO)NC(=O)C(=C)C/C=C\C(F)=C/C)=NC1(C)C)OC. The average molecular weight is 482 g/mol. The number of methoxy groups -OCH3 is 1. The fraction of sp³-hybridized carbons (Fsp3) is 0.500. The van der Waals surface area contributed by atoms with Crippen molar-refractivity contribution in [2.75, 3.05) is 20.3 Å². The van der Waals surface area contributed by atoms with E-state index < -0.39 is 11.9 Å². The summed E-state index contributed by atoms with van der Waals surface area (Å²) in [5.41, 5.74) is 2.86. The highest BCUT2D eigenvalue weighted by Crippen LogP contribution is 2.40. The molecule has 0 aromatic rings. The van der Waals surface area contributed by atoms with Gasteiger partial charge >= 0.3 is 0 Å². The minimum atomic E-state index is -0.491. The van der Waals surface area contributed by atoms with E-state index in [4.69, 9.17) is 14.6 Å². The van der Waals surface area contributed by atoms with Gasteiger partial charge in [-0.15, -0.1) is 0 Å². The van der Waals surface area contributed by atoms with E-state index in [1.54, 1.807) is 25.8 Å². The fourth-order valence-corrected chi connectivity index (χ4v) is 3.83. The summed E-state index contributed by atoms with van der Waals surface area (Å²) in [6, 6.07) is -0.642. The Morgan fingerprint density at radius 2 is 2.09 bits per heavy atom. The highest BCUT2D eigenvalue weighted by atomic mass is 32.2. The lowest BCUT2D eigenvalue weighted by Gasteiger charge is -2.18. The number of halogens is 1. The number of hydroxylamine groups is 1. The Morgan fingerprint density at radius 1 is 1.39 bits per heavy atom. The number of hydrogen-bond donors (Lipinski definition) is 3. The van der Waals surface area contributed by atoms with Crippen molar-refractivity contribution < 1.29 is 23.9 Å². The first-order valence-corrected chi connectivity index (χ1v) is 11.5. The van der Waals surface area contributed by atoms with Crippen molar-refractivity contribution in [3.8, 4) is 0 Å². The Labute approximate surface area is 200 Å². The molecule has 0 aliphatic carbocycles. The summed E-state index contributed by atoms with van der Waals surface area (Å²) in [7, 11) is 1.58. The van der Waals surface area contributed by atoms with Gasteiger partial charge in [0.2, 0.25) is 5.91 Å². The molecule has 0 aromatic carbocycles. The van der Waals surface area contributed by atoms with Gasteiger partial charge in [0.25, 0.3) is 0 Å². The van der Waals surface area contributed by atoms with Gasteiger partial charge in [0.1, 0.15) is 11.6 Å². The van der Waals surface area contributed by atoms with Crippen molar-refractivity contribution in [1.29, 1.82) is 0 Å². The molecule has 184 valence electrons. The summed E-state index contributed by atoms with van der Waals surface area (Å²) >= 11 is 1.55. The van der Waals surface area contributed by atoms with Crippen LogP contribution in [0.4, 0.5) is 4.39 Å². The molecule has 33 heavy (non-hydrogen) atoms. The van der Waals surface area contributed by atoms with Crippen LogP contribution in [0.25, 0.3) is 0 Å². The number of rotatable bonds is 14. The number of aliphatic imine (C=N–C) groups is 1. The van der Waals surface area contributed by atoms with Crippen molar-refractivity contribution >= 4 is 22.7 Å². The van der Waals surface area contributed by atoms with E-state index >= 15 is 0 Å². The lowest BCUT2D eigenvalue weighted by atomic mass is 10.1. The molecule has 0 aromatic heterocycles. The van der Waals surface area contributed by atoms with Gasteiger partial charge in [0.05, 0.1) is 43.0 Å². The predicted octanol–water partition coefficient (Wildman–Crippen LogP) is 4.11. The summed E-state index contributed by atoms with van der Waals surface area (Å²) in [6.45, 7) is 15.1. The number of amides is 1. The Kier molecular flexibility index (Phi) is 12.4. The zero-order chi connectivity index (χ0) is 25.0. The number of nitrogens with zero attached hydrogens (tertiary/aromatic N) is 1. The third-order valence-corrected chi connectivity index (χ3v) is 6.25. The normalized spacial score (nSPS) is 18.8. The Balaban J connectivity index is 2.45. The second-order valence-corrected chi connectivity index (χ2v) is 9.07. The molecule has 1 heterocycles. The summed E-state index contributed by atoms with van der Waals surface area (Å²) in [6.07, 6.45) is 6.61. The molecule has 3 N–H and O–H groups in total. The topological polar surface area (TPSA) is 92.2 Å². The molecular weight excluding hydrogens is 445 g/mol. The first-order valence-electron chi connectivity index (χ1n) is 10.7. The van der Waals surface area contributed by atoms with Crippen LogP contribution in [0.5, 0.6) is 0 Å². The standard InChI is InChI=1S/C24H36FN3O4S/c1-8-19(25)11-9-10-16(2)22(30)26-20(15-29)12-13-32-28-18(4)23-27-24(5,6)21(33-23)14-17(3)31-7/h8-9,11,14,18,20,28-29H,2-3,10,12-13,15H2,1,4-7H3,(H,26,30)/b11-9-,19-8+,21-14+/t18?,20-/m1/s1. The van der Waals surface area contributed by atoms with Gasteiger partial charge in [-0.25, -0.2) is 4.39 Å². The number of hydrogen-bond acceptors (Lipinski definition) is 7. The minimum absolute atomic E-state index is 0.151. The number of ether oxygens (including phenoxy) is 1. The summed E-state index contributed by atoms with van der Waals surface area (Å²) in [5.74, 6) is -0.204. The Bertz CT molecular complexity index is 834. The van der Waals surface area contributed by atoms with Crippen LogP contribution >= 0.6 is 11.8 Å². The smallest absolute Gasteiger partial charge is 0.247 e. The van der Waals surface area contributed by atoms with Crippen molar-refractivity contribution in [2.45, 2.75) is 58.2 Å². The second-order valence-electron chi connectivity index (χ2n) is 8.00. The highest BCUT2D eigenvalue weighted by molar-refractivity contribution is 8.17. The van der Waals surface area contributed by atoms with E-state index in [-0.39, 0.29) is 42.6 Å². The molecule has 1 unspecified atom stereocenters. The molecular formula is C24H36FN3O4S. The van der Waals surface area contributed by atoms with Gasteiger partial charge in [-0.3, -0.25) is 9.79 Å². The van der Waals surface area contributed by atoms with Gasteiger partial charge in [-0.2, -0.15) is 5.48 Å². The van der Waals surface area contributed by atoms with Crippen LogP contribution in [0.2, 0.25) is 0 Å². The third-order valence-electron chi connectivity index (χ3n) is 4.75. The number of thioether (sulfide) groups is 1. The molecule has 7 nitrogen and oxygen atoms in total. The van der Waals surface area contributed by atoms with Gasteiger partial charge in [0.15, 0.2) is 0 Å². The Hall–Kier alpha value is -2.20. The van der Waals surface area contributed by atoms with Gasteiger partial charge in [0, 0.05) is 10.5 Å². The van der Waals surface area contributed by atoms with E-state index in [1.807, 2.05) is 26.8 Å².